The van der Waals surface area contributed by atoms with E-state index in [4.69, 9.17) is 4.74 Å². The van der Waals surface area contributed by atoms with E-state index < -0.39 is 0 Å². The lowest BCUT2D eigenvalue weighted by atomic mass is 10.4. The predicted octanol–water partition coefficient (Wildman–Crippen LogP) is 2.87. The largest absolute Gasteiger partial charge is 0.383 e. The summed E-state index contributed by atoms with van der Waals surface area (Å²) in [5, 5.41) is 4.83. The van der Waals surface area contributed by atoms with Gasteiger partial charge >= 0.3 is 6.03 Å². The van der Waals surface area contributed by atoms with Crippen LogP contribution in [-0.2, 0) is 17.8 Å². The second-order valence-electron chi connectivity index (χ2n) is 4.57. The van der Waals surface area contributed by atoms with Gasteiger partial charge in [0.15, 0.2) is 0 Å². The van der Waals surface area contributed by atoms with Crippen molar-refractivity contribution in [3.05, 3.63) is 38.5 Å². The summed E-state index contributed by atoms with van der Waals surface area (Å²) in [7, 11) is 1.64. The minimum Gasteiger partial charge on any atom is -0.383 e. The molecule has 2 heterocycles. The second-order valence-corrected chi connectivity index (χ2v) is 6.66. The fourth-order valence-electron chi connectivity index (χ4n) is 1.81. The smallest absolute Gasteiger partial charge is 0.318 e. The van der Waals surface area contributed by atoms with Crippen LogP contribution in [-0.4, -0.2) is 36.2 Å². The van der Waals surface area contributed by atoms with Crippen LogP contribution >= 0.6 is 22.7 Å². The maximum absolute atomic E-state index is 12.3. The fourth-order valence-corrected chi connectivity index (χ4v) is 3.28. The number of carbonyl (C=O) groups is 1. The van der Waals surface area contributed by atoms with Crippen molar-refractivity contribution in [3.63, 3.8) is 0 Å². The molecule has 0 fully saturated rings. The van der Waals surface area contributed by atoms with Gasteiger partial charge in [0.05, 0.1) is 30.9 Å². The van der Waals surface area contributed by atoms with Gasteiger partial charge in [0, 0.05) is 28.8 Å². The first kappa shape index (κ1) is 15.9. The number of rotatable bonds is 7. The number of hydrogen-bond donors (Lipinski definition) is 1. The third-order valence-electron chi connectivity index (χ3n) is 2.90. The molecule has 7 heteroatoms. The molecule has 0 aliphatic carbocycles. The van der Waals surface area contributed by atoms with Crippen molar-refractivity contribution >= 4 is 28.7 Å². The van der Waals surface area contributed by atoms with Crippen molar-refractivity contribution in [2.45, 2.75) is 20.0 Å². The van der Waals surface area contributed by atoms with Crippen molar-refractivity contribution in [3.8, 4) is 0 Å². The molecule has 0 aliphatic heterocycles. The molecule has 2 rings (SSSR count). The third kappa shape index (κ3) is 5.11. The molecule has 0 saturated heterocycles. The number of thiazole rings is 1. The first-order valence-electron chi connectivity index (χ1n) is 6.63. The normalized spacial score (nSPS) is 10.6. The van der Waals surface area contributed by atoms with Gasteiger partial charge in [-0.15, -0.1) is 22.7 Å². The molecular formula is C14H19N3O2S2. The number of hydrogen-bond acceptors (Lipinski definition) is 5. The lowest BCUT2D eigenvalue weighted by molar-refractivity contribution is 0.146. The number of carbonyl (C=O) groups excluding carboxylic acids is 1. The molecule has 0 unspecified atom stereocenters. The lowest BCUT2D eigenvalue weighted by Crippen LogP contribution is -2.40. The Hall–Kier alpha value is -1.44. The maximum atomic E-state index is 12.3. The Morgan fingerprint density at radius 3 is 2.95 bits per heavy atom. The van der Waals surface area contributed by atoms with E-state index in [1.165, 1.54) is 21.1 Å². The van der Waals surface area contributed by atoms with E-state index in [2.05, 4.69) is 29.4 Å². The predicted molar refractivity (Wildman–Crippen MR) is 85.7 cm³/mol. The Morgan fingerprint density at radius 1 is 1.48 bits per heavy atom. The van der Waals surface area contributed by atoms with Crippen molar-refractivity contribution in [1.82, 2.24) is 15.2 Å². The lowest BCUT2D eigenvalue weighted by Gasteiger charge is -2.22. The first-order valence-corrected chi connectivity index (χ1v) is 8.39. The Kier molecular flexibility index (Phi) is 6.16. The minimum atomic E-state index is -0.0916. The number of thiophene rings is 1. The maximum Gasteiger partial charge on any atom is 0.318 e. The van der Waals surface area contributed by atoms with E-state index in [1.807, 2.05) is 5.38 Å². The molecule has 2 amide bonds. The quantitative estimate of drug-likeness (QED) is 0.851. The second kappa shape index (κ2) is 8.11. The van der Waals surface area contributed by atoms with E-state index in [1.54, 1.807) is 28.9 Å². The van der Waals surface area contributed by atoms with Gasteiger partial charge in [0.25, 0.3) is 0 Å². The van der Waals surface area contributed by atoms with Crippen LogP contribution in [0.1, 0.15) is 15.4 Å². The Balaban J connectivity index is 1.92. The summed E-state index contributed by atoms with van der Waals surface area (Å²) >= 11 is 3.23. The van der Waals surface area contributed by atoms with E-state index in [9.17, 15) is 4.79 Å². The number of methoxy groups -OCH3 is 1. The molecule has 0 saturated carbocycles. The summed E-state index contributed by atoms with van der Waals surface area (Å²) in [6.45, 7) is 4.21. The Bertz CT molecular complexity index is 554. The van der Waals surface area contributed by atoms with Gasteiger partial charge in [0.1, 0.15) is 0 Å². The van der Waals surface area contributed by atoms with Crippen LogP contribution in [0.5, 0.6) is 0 Å². The molecule has 1 N–H and O–H groups in total. The van der Waals surface area contributed by atoms with Crippen molar-refractivity contribution in [1.29, 1.82) is 0 Å². The van der Waals surface area contributed by atoms with Crippen LogP contribution in [0.2, 0.25) is 0 Å². The summed E-state index contributed by atoms with van der Waals surface area (Å²) in [6.07, 6.45) is 0. The first-order chi connectivity index (χ1) is 10.2. The molecule has 21 heavy (non-hydrogen) atoms. The molecule has 114 valence electrons. The molecule has 0 bridgehead atoms. The highest BCUT2D eigenvalue weighted by Gasteiger charge is 2.14. The molecule has 2 aromatic rings. The highest BCUT2D eigenvalue weighted by Crippen LogP contribution is 2.17. The average molecular weight is 325 g/mol. The van der Waals surface area contributed by atoms with Crippen molar-refractivity contribution in [2.75, 3.05) is 20.3 Å². The van der Waals surface area contributed by atoms with Gasteiger partial charge in [-0.25, -0.2) is 9.78 Å². The highest BCUT2D eigenvalue weighted by molar-refractivity contribution is 7.11. The van der Waals surface area contributed by atoms with E-state index in [0.29, 0.717) is 26.2 Å². The number of urea groups is 1. The van der Waals surface area contributed by atoms with Crippen LogP contribution in [0.3, 0.4) is 0 Å². The van der Waals surface area contributed by atoms with Gasteiger partial charge in [0.2, 0.25) is 0 Å². The zero-order valence-corrected chi connectivity index (χ0v) is 13.8. The molecule has 0 spiro atoms. The summed E-state index contributed by atoms with van der Waals surface area (Å²) in [6, 6.07) is 4.04. The van der Waals surface area contributed by atoms with Crippen LogP contribution in [0.4, 0.5) is 4.79 Å². The summed E-state index contributed by atoms with van der Waals surface area (Å²) in [4.78, 5) is 20.6. The van der Waals surface area contributed by atoms with Gasteiger partial charge < -0.3 is 15.0 Å². The van der Waals surface area contributed by atoms with Crippen LogP contribution in [0.15, 0.2) is 23.0 Å². The van der Waals surface area contributed by atoms with Gasteiger partial charge in [-0.1, -0.05) is 0 Å². The van der Waals surface area contributed by atoms with Crippen LogP contribution in [0.25, 0.3) is 0 Å². The number of amides is 2. The molecule has 0 aliphatic rings. The molecule has 0 aromatic carbocycles. The summed E-state index contributed by atoms with van der Waals surface area (Å²) < 4.78 is 5.09. The number of nitrogens with zero attached hydrogens (tertiary/aromatic N) is 2. The van der Waals surface area contributed by atoms with Gasteiger partial charge in [-0.2, -0.15) is 0 Å². The van der Waals surface area contributed by atoms with E-state index in [0.717, 1.165) is 5.69 Å². The molecule has 0 radical (unpaired) electrons. The van der Waals surface area contributed by atoms with Crippen molar-refractivity contribution in [2.24, 2.45) is 0 Å². The van der Waals surface area contributed by atoms with Gasteiger partial charge in [-0.05, 0) is 19.1 Å². The van der Waals surface area contributed by atoms with E-state index >= 15 is 0 Å². The van der Waals surface area contributed by atoms with E-state index in [-0.39, 0.29) is 6.03 Å². The Labute approximate surface area is 132 Å². The number of aromatic nitrogens is 1. The highest BCUT2D eigenvalue weighted by atomic mass is 32.1. The SMILES string of the molecule is COCCN(Cc1ccc(C)s1)C(=O)NCc1cscn1. The van der Waals surface area contributed by atoms with Crippen LogP contribution < -0.4 is 5.32 Å². The molecule has 5 nitrogen and oxygen atoms in total. The van der Waals surface area contributed by atoms with Crippen LogP contribution in [0, 0.1) is 6.92 Å². The Morgan fingerprint density at radius 2 is 2.33 bits per heavy atom. The number of ether oxygens (including phenoxy) is 1. The standard InChI is InChI=1S/C14H19N3O2S2/c1-11-3-4-13(21-11)8-17(5-6-19-2)14(18)15-7-12-9-20-10-16-12/h3-4,9-10H,5-8H2,1-2H3,(H,15,18). The molecule has 0 atom stereocenters. The number of aryl methyl sites for hydroxylation is 1. The van der Waals surface area contributed by atoms with Gasteiger partial charge in [-0.3, -0.25) is 0 Å². The minimum absolute atomic E-state index is 0.0916. The topological polar surface area (TPSA) is 54.5 Å². The monoisotopic (exact) mass is 325 g/mol. The zero-order chi connectivity index (χ0) is 15.1. The summed E-state index contributed by atoms with van der Waals surface area (Å²) in [5.41, 5.74) is 2.64. The number of nitrogens with one attached hydrogen (secondary N) is 1. The van der Waals surface area contributed by atoms with Crippen molar-refractivity contribution < 1.29 is 9.53 Å². The fraction of sp³-hybridized carbons (Fsp3) is 0.429. The molecular weight excluding hydrogens is 306 g/mol. The average Bonchev–Trinajstić information content (AvgIpc) is 3.12. The molecule has 2 aromatic heterocycles. The third-order valence-corrected chi connectivity index (χ3v) is 4.52. The summed E-state index contributed by atoms with van der Waals surface area (Å²) in [5.74, 6) is 0. The zero-order valence-electron chi connectivity index (χ0n) is 12.2.